The Hall–Kier alpha value is -2.71. The van der Waals surface area contributed by atoms with Crippen molar-refractivity contribution in [2.24, 2.45) is 5.92 Å². The fraction of sp³-hybridized carbons (Fsp3) is 0.560. The van der Waals surface area contributed by atoms with E-state index in [0.717, 1.165) is 24.8 Å². The van der Waals surface area contributed by atoms with Crippen LogP contribution in [-0.2, 0) is 30.5 Å². The number of aliphatic hydroxyl groups excluding tert-OH is 1. The first-order chi connectivity index (χ1) is 16.0. The summed E-state index contributed by atoms with van der Waals surface area (Å²) in [4.78, 5) is 37.4. The number of allylic oxidation sites excluding steroid dienone is 2. The van der Waals surface area contributed by atoms with Crippen LogP contribution in [0.1, 0.15) is 51.0 Å². The lowest BCUT2D eigenvalue weighted by molar-refractivity contribution is -0.146. The largest absolute Gasteiger partial charge is 0.463 e. The maximum Gasteiger partial charge on any atom is 0.305 e. The first kappa shape index (κ1) is 26.5. The quantitative estimate of drug-likeness (QED) is 0.405. The minimum absolute atomic E-state index is 0.00209. The Bertz CT molecular complexity index is 767. The molecular weight excluding hydrogens is 424 g/mol. The minimum Gasteiger partial charge on any atom is -0.463 e. The summed E-state index contributed by atoms with van der Waals surface area (Å²) in [7, 11) is 0. The Balaban J connectivity index is 2.04. The van der Waals surface area contributed by atoms with Gasteiger partial charge in [0.1, 0.15) is 6.61 Å². The molecule has 0 aliphatic carbocycles. The van der Waals surface area contributed by atoms with Crippen LogP contribution in [-0.4, -0.2) is 54.8 Å². The van der Waals surface area contributed by atoms with Crippen LogP contribution in [0.3, 0.4) is 0 Å². The van der Waals surface area contributed by atoms with Crippen molar-refractivity contribution in [3.8, 4) is 0 Å². The lowest BCUT2D eigenvalue weighted by atomic mass is 9.98. The van der Waals surface area contributed by atoms with Crippen LogP contribution in [0.25, 0.3) is 0 Å². The minimum atomic E-state index is -0.581. The van der Waals surface area contributed by atoms with E-state index in [1.165, 1.54) is 0 Å². The summed E-state index contributed by atoms with van der Waals surface area (Å²) >= 11 is 0. The van der Waals surface area contributed by atoms with Crippen molar-refractivity contribution in [2.45, 2.75) is 64.1 Å². The van der Waals surface area contributed by atoms with Crippen LogP contribution in [0.2, 0.25) is 0 Å². The normalized spacial score (nSPS) is 21.4. The average Bonchev–Trinajstić information content (AvgIpc) is 2.80. The zero-order valence-corrected chi connectivity index (χ0v) is 19.3. The monoisotopic (exact) mass is 460 g/mol. The molecule has 1 heterocycles. The maximum absolute atomic E-state index is 13.0. The third-order valence-electron chi connectivity index (χ3n) is 5.30. The number of aliphatic hydroxyl groups is 1. The number of rotatable bonds is 8. The predicted octanol–water partition coefficient (Wildman–Crippen LogP) is 2.25. The molecule has 0 bridgehead atoms. The van der Waals surface area contributed by atoms with Crippen molar-refractivity contribution < 1.29 is 29.0 Å². The number of esters is 1. The second-order valence-electron chi connectivity index (χ2n) is 8.39. The Kier molecular flexibility index (Phi) is 12.2. The molecule has 8 heteroatoms. The molecule has 0 fully saturated rings. The van der Waals surface area contributed by atoms with Gasteiger partial charge in [0.2, 0.25) is 11.8 Å². The first-order valence-corrected chi connectivity index (χ1v) is 11.6. The number of hydrogen-bond donors (Lipinski definition) is 3. The van der Waals surface area contributed by atoms with Gasteiger partial charge in [0.25, 0.3) is 0 Å². The molecule has 3 atom stereocenters. The van der Waals surface area contributed by atoms with Gasteiger partial charge in [0.15, 0.2) is 0 Å². The van der Waals surface area contributed by atoms with E-state index in [-0.39, 0.29) is 50.1 Å². The summed E-state index contributed by atoms with van der Waals surface area (Å²) in [5, 5.41) is 14.7. The van der Waals surface area contributed by atoms with E-state index in [0.29, 0.717) is 19.4 Å². The third-order valence-corrected chi connectivity index (χ3v) is 5.30. The Morgan fingerprint density at radius 3 is 2.79 bits per heavy atom. The standard InChI is InChI=1S/C25H36N2O6/c1-19(15-28)26-23(29)14-21-12-8-3-2-4-9-13-24(30)33-18-22(27-25(21)31)17-32-16-20-10-6-5-7-11-20/h3,5-8,10-11,19,21-22,28H,2,4,9,12-18H2,1H3,(H,26,29)(H,27,31). The highest BCUT2D eigenvalue weighted by Gasteiger charge is 2.25. The van der Waals surface area contributed by atoms with E-state index in [1.807, 2.05) is 42.5 Å². The van der Waals surface area contributed by atoms with Gasteiger partial charge in [-0.1, -0.05) is 42.5 Å². The molecule has 1 aliphatic heterocycles. The summed E-state index contributed by atoms with van der Waals surface area (Å²) in [6.07, 6.45) is 7.03. The van der Waals surface area contributed by atoms with Gasteiger partial charge in [0.05, 0.1) is 31.8 Å². The van der Waals surface area contributed by atoms with Crippen LogP contribution < -0.4 is 10.6 Å². The summed E-state index contributed by atoms with van der Waals surface area (Å²) in [5.41, 5.74) is 0.999. The Morgan fingerprint density at radius 2 is 2.03 bits per heavy atom. The molecule has 0 saturated heterocycles. The molecule has 182 valence electrons. The van der Waals surface area contributed by atoms with Crippen molar-refractivity contribution in [3.63, 3.8) is 0 Å². The van der Waals surface area contributed by atoms with Gasteiger partial charge < -0.3 is 25.2 Å². The van der Waals surface area contributed by atoms with E-state index >= 15 is 0 Å². The lowest BCUT2D eigenvalue weighted by Crippen LogP contribution is -2.46. The molecule has 1 aliphatic rings. The molecule has 0 aromatic heterocycles. The smallest absolute Gasteiger partial charge is 0.305 e. The first-order valence-electron chi connectivity index (χ1n) is 11.6. The van der Waals surface area contributed by atoms with Crippen molar-refractivity contribution in [2.75, 3.05) is 19.8 Å². The summed E-state index contributed by atoms with van der Waals surface area (Å²) < 4.78 is 11.1. The molecule has 1 aromatic carbocycles. The van der Waals surface area contributed by atoms with Gasteiger partial charge in [-0.15, -0.1) is 0 Å². The molecule has 0 saturated carbocycles. The predicted molar refractivity (Wildman–Crippen MR) is 124 cm³/mol. The van der Waals surface area contributed by atoms with Crippen LogP contribution in [0.4, 0.5) is 0 Å². The summed E-state index contributed by atoms with van der Waals surface area (Å²) in [5.74, 6) is -1.47. The van der Waals surface area contributed by atoms with Gasteiger partial charge in [-0.3, -0.25) is 14.4 Å². The topological polar surface area (TPSA) is 114 Å². The van der Waals surface area contributed by atoms with Gasteiger partial charge in [-0.2, -0.15) is 0 Å². The number of benzene rings is 1. The van der Waals surface area contributed by atoms with E-state index in [4.69, 9.17) is 14.6 Å². The Morgan fingerprint density at radius 1 is 1.24 bits per heavy atom. The number of carbonyl (C=O) groups is 3. The number of ether oxygens (including phenoxy) is 2. The zero-order chi connectivity index (χ0) is 23.9. The number of hydrogen-bond acceptors (Lipinski definition) is 6. The molecule has 1 aromatic rings. The van der Waals surface area contributed by atoms with Crippen molar-refractivity contribution >= 4 is 17.8 Å². The second-order valence-corrected chi connectivity index (χ2v) is 8.39. The molecular formula is C25H36N2O6. The van der Waals surface area contributed by atoms with Crippen LogP contribution in [0.15, 0.2) is 42.5 Å². The molecule has 0 spiro atoms. The number of nitrogens with one attached hydrogen (secondary N) is 2. The highest BCUT2D eigenvalue weighted by atomic mass is 16.5. The average molecular weight is 461 g/mol. The molecule has 0 radical (unpaired) electrons. The number of amides is 2. The fourth-order valence-electron chi connectivity index (χ4n) is 3.41. The highest BCUT2D eigenvalue weighted by molar-refractivity contribution is 5.86. The fourth-order valence-corrected chi connectivity index (χ4v) is 3.41. The van der Waals surface area contributed by atoms with Gasteiger partial charge in [-0.05, 0) is 38.2 Å². The van der Waals surface area contributed by atoms with Crippen molar-refractivity contribution in [3.05, 3.63) is 48.0 Å². The zero-order valence-electron chi connectivity index (χ0n) is 19.3. The van der Waals surface area contributed by atoms with Gasteiger partial charge >= 0.3 is 5.97 Å². The van der Waals surface area contributed by atoms with Crippen LogP contribution >= 0.6 is 0 Å². The molecule has 3 N–H and O–H groups in total. The second kappa shape index (κ2) is 15.2. The molecule has 3 unspecified atom stereocenters. The molecule has 2 amide bonds. The van der Waals surface area contributed by atoms with Gasteiger partial charge in [-0.25, -0.2) is 0 Å². The summed E-state index contributed by atoms with van der Waals surface area (Å²) in [6, 6.07) is 8.75. The molecule has 2 rings (SSSR count). The highest BCUT2D eigenvalue weighted by Crippen LogP contribution is 2.13. The van der Waals surface area contributed by atoms with E-state index in [1.54, 1.807) is 6.92 Å². The number of carbonyl (C=O) groups excluding carboxylic acids is 3. The van der Waals surface area contributed by atoms with Crippen molar-refractivity contribution in [1.82, 2.24) is 10.6 Å². The molecule has 8 nitrogen and oxygen atoms in total. The Labute approximate surface area is 195 Å². The maximum atomic E-state index is 13.0. The van der Waals surface area contributed by atoms with Crippen LogP contribution in [0.5, 0.6) is 0 Å². The van der Waals surface area contributed by atoms with Crippen LogP contribution in [0, 0.1) is 5.92 Å². The van der Waals surface area contributed by atoms with E-state index in [2.05, 4.69) is 10.6 Å². The third kappa shape index (κ3) is 11.1. The van der Waals surface area contributed by atoms with E-state index < -0.39 is 12.0 Å². The SMILES string of the molecule is CC(CO)NC(=O)CC1CC=CCCCCC(=O)OCC(COCc2ccccc2)NC1=O. The number of cyclic esters (lactones) is 1. The lowest BCUT2D eigenvalue weighted by Gasteiger charge is -2.23. The van der Waals surface area contributed by atoms with E-state index in [9.17, 15) is 14.4 Å². The summed E-state index contributed by atoms with van der Waals surface area (Å²) in [6.45, 7) is 2.07. The van der Waals surface area contributed by atoms with Crippen molar-refractivity contribution in [1.29, 1.82) is 0 Å². The molecule has 33 heavy (non-hydrogen) atoms. The van der Waals surface area contributed by atoms with Gasteiger partial charge in [0, 0.05) is 18.9 Å².